The van der Waals surface area contributed by atoms with Gasteiger partial charge in [-0.1, -0.05) is 25.5 Å². The second-order valence-electron chi connectivity index (χ2n) is 4.29. The molecule has 5 nitrogen and oxygen atoms in total. The topological polar surface area (TPSA) is 87.0 Å². The molecule has 0 saturated heterocycles. The standard InChI is InChI=1S/C12H20O5/c1-2-3-10-12(16)9(14)6-4-8(13)5-7-11(15)17-10/h4,6,8-10,12-14,16H,2-3,5,7H2,1H3/b6-4+/t8-,9+,10-,12+/m1/s1. The van der Waals surface area contributed by atoms with Gasteiger partial charge >= 0.3 is 5.97 Å². The van der Waals surface area contributed by atoms with Crippen molar-refractivity contribution < 1.29 is 24.9 Å². The second-order valence-corrected chi connectivity index (χ2v) is 4.29. The van der Waals surface area contributed by atoms with E-state index in [0.29, 0.717) is 6.42 Å². The Morgan fingerprint density at radius 3 is 2.71 bits per heavy atom. The van der Waals surface area contributed by atoms with Gasteiger partial charge in [0.25, 0.3) is 0 Å². The van der Waals surface area contributed by atoms with Crippen molar-refractivity contribution in [3.63, 3.8) is 0 Å². The lowest BCUT2D eigenvalue weighted by atomic mass is 10.0. The number of rotatable bonds is 2. The fourth-order valence-corrected chi connectivity index (χ4v) is 1.75. The van der Waals surface area contributed by atoms with E-state index in [0.717, 1.165) is 6.42 Å². The van der Waals surface area contributed by atoms with Crippen molar-refractivity contribution in [3.05, 3.63) is 12.2 Å². The largest absolute Gasteiger partial charge is 0.459 e. The number of hydrogen-bond donors (Lipinski definition) is 3. The highest BCUT2D eigenvalue weighted by Gasteiger charge is 2.28. The van der Waals surface area contributed by atoms with E-state index in [1.54, 1.807) is 0 Å². The van der Waals surface area contributed by atoms with Crippen LogP contribution in [0.3, 0.4) is 0 Å². The van der Waals surface area contributed by atoms with E-state index >= 15 is 0 Å². The van der Waals surface area contributed by atoms with Crippen LogP contribution in [0.2, 0.25) is 0 Å². The molecule has 0 aromatic rings. The predicted molar refractivity (Wildman–Crippen MR) is 61.2 cm³/mol. The second kappa shape index (κ2) is 6.74. The van der Waals surface area contributed by atoms with Gasteiger partial charge in [-0.25, -0.2) is 0 Å². The molecule has 4 atom stereocenters. The van der Waals surface area contributed by atoms with Crippen LogP contribution < -0.4 is 0 Å². The highest BCUT2D eigenvalue weighted by atomic mass is 16.6. The predicted octanol–water partition coefficient (Wildman–Crippen LogP) is 0.131. The van der Waals surface area contributed by atoms with Crippen molar-refractivity contribution >= 4 is 5.97 Å². The molecule has 0 aliphatic carbocycles. The molecule has 1 aliphatic heterocycles. The Balaban J connectivity index is 2.78. The van der Waals surface area contributed by atoms with Gasteiger partial charge in [-0.2, -0.15) is 0 Å². The molecule has 0 unspecified atom stereocenters. The molecular weight excluding hydrogens is 224 g/mol. The van der Waals surface area contributed by atoms with Crippen LogP contribution in [-0.4, -0.2) is 45.7 Å². The molecule has 0 aromatic carbocycles. The first-order valence-electron chi connectivity index (χ1n) is 5.96. The van der Waals surface area contributed by atoms with Crippen LogP contribution in [0, 0.1) is 0 Å². The van der Waals surface area contributed by atoms with Gasteiger partial charge in [0.2, 0.25) is 0 Å². The molecule has 3 N–H and O–H groups in total. The fourth-order valence-electron chi connectivity index (χ4n) is 1.75. The number of carbonyl (C=O) groups is 1. The SMILES string of the molecule is CCC[C@H]1OC(=O)CC[C@H](O)/C=C/[C@H](O)[C@@H]1O. The van der Waals surface area contributed by atoms with Crippen LogP contribution in [0.25, 0.3) is 0 Å². The number of ether oxygens (including phenoxy) is 1. The maximum Gasteiger partial charge on any atom is 0.306 e. The molecule has 0 bridgehead atoms. The van der Waals surface area contributed by atoms with Crippen molar-refractivity contribution in [3.8, 4) is 0 Å². The molecule has 1 rings (SSSR count). The van der Waals surface area contributed by atoms with Crippen LogP contribution in [-0.2, 0) is 9.53 Å². The third-order valence-corrected chi connectivity index (χ3v) is 2.76. The average molecular weight is 244 g/mol. The van der Waals surface area contributed by atoms with Crippen LogP contribution >= 0.6 is 0 Å². The van der Waals surface area contributed by atoms with E-state index in [-0.39, 0.29) is 12.8 Å². The van der Waals surface area contributed by atoms with Crippen LogP contribution in [0.5, 0.6) is 0 Å². The summed E-state index contributed by atoms with van der Waals surface area (Å²) >= 11 is 0. The van der Waals surface area contributed by atoms with Crippen molar-refractivity contribution in [2.75, 3.05) is 0 Å². The number of carbonyl (C=O) groups excluding carboxylic acids is 1. The molecule has 1 heterocycles. The summed E-state index contributed by atoms with van der Waals surface area (Å²) in [6.45, 7) is 1.91. The average Bonchev–Trinajstić information content (AvgIpc) is 2.31. The zero-order valence-electron chi connectivity index (χ0n) is 9.95. The first-order chi connectivity index (χ1) is 8.04. The smallest absolute Gasteiger partial charge is 0.306 e. The van der Waals surface area contributed by atoms with Crippen LogP contribution in [0.1, 0.15) is 32.6 Å². The summed E-state index contributed by atoms with van der Waals surface area (Å²) in [5.74, 6) is -0.455. The zero-order chi connectivity index (χ0) is 12.8. The van der Waals surface area contributed by atoms with Gasteiger partial charge < -0.3 is 20.1 Å². The summed E-state index contributed by atoms with van der Waals surface area (Å²) in [7, 11) is 0. The summed E-state index contributed by atoms with van der Waals surface area (Å²) < 4.78 is 5.10. The van der Waals surface area contributed by atoms with Crippen molar-refractivity contribution in [1.82, 2.24) is 0 Å². The molecule has 0 fully saturated rings. The Hall–Kier alpha value is -0.910. The third kappa shape index (κ3) is 4.46. The van der Waals surface area contributed by atoms with Gasteiger partial charge in [0.15, 0.2) is 0 Å². The Bertz CT molecular complexity index is 276. The highest BCUT2D eigenvalue weighted by Crippen LogP contribution is 2.15. The lowest BCUT2D eigenvalue weighted by molar-refractivity contribution is -0.159. The van der Waals surface area contributed by atoms with Gasteiger partial charge in [-0.05, 0) is 12.8 Å². The molecule has 0 aromatic heterocycles. The maximum atomic E-state index is 11.4. The highest BCUT2D eigenvalue weighted by molar-refractivity contribution is 5.69. The minimum atomic E-state index is -1.15. The zero-order valence-corrected chi connectivity index (χ0v) is 9.95. The summed E-state index contributed by atoms with van der Waals surface area (Å²) in [5.41, 5.74) is 0. The van der Waals surface area contributed by atoms with Crippen molar-refractivity contribution in [2.24, 2.45) is 0 Å². The lowest BCUT2D eigenvalue weighted by Crippen LogP contribution is -2.40. The first kappa shape index (κ1) is 14.2. The normalized spacial score (nSPS) is 37.3. The van der Waals surface area contributed by atoms with E-state index in [2.05, 4.69) is 0 Å². The van der Waals surface area contributed by atoms with Crippen molar-refractivity contribution in [1.29, 1.82) is 0 Å². The quantitative estimate of drug-likeness (QED) is 0.475. The first-order valence-corrected chi connectivity index (χ1v) is 5.96. The van der Waals surface area contributed by atoms with E-state index in [1.807, 2.05) is 6.92 Å². The summed E-state index contributed by atoms with van der Waals surface area (Å²) in [6, 6.07) is 0. The molecular formula is C12H20O5. The minimum absolute atomic E-state index is 0.106. The summed E-state index contributed by atoms with van der Waals surface area (Å²) in [6.07, 6.45) is 0.578. The van der Waals surface area contributed by atoms with Crippen LogP contribution in [0.4, 0.5) is 0 Å². The molecule has 0 radical (unpaired) electrons. The molecule has 0 saturated carbocycles. The van der Waals surface area contributed by atoms with Gasteiger partial charge in [0.1, 0.15) is 18.3 Å². The Labute approximate surface area is 101 Å². The molecule has 17 heavy (non-hydrogen) atoms. The Morgan fingerprint density at radius 1 is 1.35 bits per heavy atom. The number of hydrogen-bond acceptors (Lipinski definition) is 5. The van der Waals surface area contributed by atoms with Gasteiger partial charge in [-0.3, -0.25) is 4.79 Å². The van der Waals surface area contributed by atoms with E-state index in [4.69, 9.17) is 4.74 Å². The Kier molecular flexibility index (Phi) is 5.61. The number of esters is 1. The van der Waals surface area contributed by atoms with E-state index < -0.39 is 30.4 Å². The lowest BCUT2D eigenvalue weighted by Gasteiger charge is -2.26. The van der Waals surface area contributed by atoms with Gasteiger partial charge in [0.05, 0.1) is 6.10 Å². The van der Waals surface area contributed by atoms with E-state index in [1.165, 1.54) is 12.2 Å². The molecule has 5 heteroatoms. The monoisotopic (exact) mass is 244 g/mol. The van der Waals surface area contributed by atoms with Crippen LogP contribution in [0.15, 0.2) is 12.2 Å². The van der Waals surface area contributed by atoms with Crippen molar-refractivity contribution in [2.45, 2.75) is 57.0 Å². The molecule has 0 amide bonds. The fraction of sp³-hybridized carbons (Fsp3) is 0.750. The minimum Gasteiger partial charge on any atom is -0.459 e. The van der Waals surface area contributed by atoms with Gasteiger partial charge in [0, 0.05) is 6.42 Å². The van der Waals surface area contributed by atoms with E-state index in [9.17, 15) is 20.1 Å². The summed E-state index contributed by atoms with van der Waals surface area (Å²) in [5, 5.41) is 28.9. The molecule has 0 spiro atoms. The number of aliphatic hydroxyl groups is 3. The third-order valence-electron chi connectivity index (χ3n) is 2.76. The molecule has 98 valence electrons. The number of cyclic esters (lactones) is 1. The Morgan fingerprint density at radius 2 is 2.06 bits per heavy atom. The maximum absolute atomic E-state index is 11.4. The summed E-state index contributed by atoms with van der Waals surface area (Å²) in [4.78, 5) is 11.4. The number of aliphatic hydroxyl groups excluding tert-OH is 3. The molecule has 1 aliphatic rings. The van der Waals surface area contributed by atoms with Gasteiger partial charge in [-0.15, -0.1) is 0 Å².